The lowest BCUT2D eigenvalue weighted by atomic mass is 9.79. The van der Waals surface area contributed by atoms with E-state index in [1.54, 1.807) is 6.20 Å². The topological polar surface area (TPSA) is 38.9 Å². The van der Waals surface area contributed by atoms with Gasteiger partial charge in [0.25, 0.3) is 0 Å². The highest BCUT2D eigenvalue weighted by molar-refractivity contribution is 5.36. The molecule has 14 heavy (non-hydrogen) atoms. The molecule has 0 bridgehead atoms. The van der Waals surface area contributed by atoms with Crippen LogP contribution < -0.4 is 5.73 Å². The smallest absolute Gasteiger partial charge is 0.0501 e. The lowest BCUT2D eigenvalue weighted by Gasteiger charge is -2.27. The van der Waals surface area contributed by atoms with E-state index in [9.17, 15) is 0 Å². The molecular weight excluding hydrogens is 172 g/mol. The summed E-state index contributed by atoms with van der Waals surface area (Å²) >= 11 is 0. The van der Waals surface area contributed by atoms with Crippen molar-refractivity contribution in [2.45, 2.75) is 45.4 Å². The number of nitrogens with zero attached hydrogens (tertiary/aromatic N) is 1. The molecule has 1 heterocycles. The first-order chi connectivity index (χ1) is 6.62. The van der Waals surface area contributed by atoms with Crippen molar-refractivity contribution in [1.29, 1.82) is 0 Å². The molecule has 0 fully saturated rings. The number of anilines is 1. The van der Waals surface area contributed by atoms with Crippen molar-refractivity contribution in [1.82, 2.24) is 4.98 Å². The average Bonchev–Trinajstić information content (AvgIpc) is 2.19. The van der Waals surface area contributed by atoms with Crippen molar-refractivity contribution in [2.24, 2.45) is 0 Å². The van der Waals surface area contributed by atoms with Gasteiger partial charge in [-0.3, -0.25) is 4.98 Å². The molecule has 1 unspecified atom stereocenters. The van der Waals surface area contributed by atoms with Gasteiger partial charge in [-0.05, 0) is 25.0 Å². The number of hydrogen-bond donors (Lipinski definition) is 1. The minimum Gasteiger partial charge on any atom is -0.397 e. The van der Waals surface area contributed by atoms with E-state index < -0.39 is 0 Å². The Morgan fingerprint density at radius 1 is 1.36 bits per heavy atom. The van der Waals surface area contributed by atoms with Gasteiger partial charge in [-0.2, -0.15) is 0 Å². The third-order valence-corrected chi connectivity index (χ3v) is 2.99. The number of rotatable bonds is 4. The molecule has 0 amide bonds. The second-order valence-corrected chi connectivity index (χ2v) is 4.14. The summed E-state index contributed by atoms with van der Waals surface area (Å²) in [6.07, 6.45) is 5.24. The molecule has 0 aliphatic heterocycles. The normalized spacial score (nSPS) is 15.1. The summed E-state index contributed by atoms with van der Waals surface area (Å²) in [6, 6.07) is 3.99. The predicted molar refractivity (Wildman–Crippen MR) is 61.2 cm³/mol. The lowest BCUT2D eigenvalue weighted by molar-refractivity contribution is 0.402. The maximum Gasteiger partial charge on any atom is 0.0501 e. The summed E-state index contributed by atoms with van der Waals surface area (Å²) in [5.74, 6) is 0. The quantitative estimate of drug-likeness (QED) is 0.796. The molecule has 78 valence electrons. The zero-order valence-electron chi connectivity index (χ0n) is 9.38. The van der Waals surface area contributed by atoms with E-state index in [4.69, 9.17) is 5.73 Å². The van der Waals surface area contributed by atoms with Crippen LogP contribution in [-0.2, 0) is 5.41 Å². The summed E-state index contributed by atoms with van der Waals surface area (Å²) in [5, 5.41) is 0. The standard InChI is InChI=1S/C12H20N2/c1-4-8-12(3,5-2)11-7-6-10(13)9-14-11/h6-7,9H,4-5,8,13H2,1-3H3. The van der Waals surface area contributed by atoms with Crippen molar-refractivity contribution >= 4 is 5.69 Å². The van der Waals surface area contributed by atoms with Gasteiger partial charge < -0.3 is 5.73 Å². The summed E-state index contributed by atoms with van der Waals surface area (Å²) in [5.41, 5.74) is 7.74. The third kappa shape index (κ3) is 2.25. The fourth-order valence-corrected chi connectivity index (χ4v) is 1.80. The minimum atomic E-state index is 0.211. The number of hydrogen-bond acceptors (Lipinski definition) is 2. The lowest BCUT2D eigenvalue weighted by Crippen LogP contribution is -2.22. The van der Waals surface area contributed by atoms with Crippen LogP contribution in [0, 0.1) is 0 Å². The van der Waals surface area contributed by atoms with Gasteiger partial charge in [0.2, 0.25) is 0 Å². The van der Waals surface area contributed by atoms with E-state index in [2.05, 4.69) is 31.8 Å². The Balaban J connectivity index is 2.94. The van der Waals surface area contributed by atoms with Gasteiger partial charge in [-0.1, -0.05) is 27.2 Å². The Bertz CT molecular complexity index is 279. The molecule has 0 aliphatic rings. The van der Waals surface area contributed by atoms with Crippen molar-refractivity contribution in [2.75, 3.05) is 5.73 Å². The van der Waals surface area contributed by atoms with E-state index >= 15 is 0 Å². The van der Waals surface area contributed by atoms with Crippen LogP contribution in [0.25, 0.3) is 0 Å². The molecule has 0 aliphatic carbocycles. The molecular formula is C12H20N2. The number of nitrogen functional groups attached to an aromatic ring is 1. The maximum absolute atomic E-state index is 5.62. The number of nitrogens with two attached hydrogens (primary N) is 1. The Labute approximate surface area is 86.5 Å². The maximum atomic E-state index is 5.62. The fraction of sp³-hybridized carbons (Fsp3) is 0.583. The SMILES string of the molecule is CCCC(C)(CC)c1ccc(N)cn1. The van der Waals surface area contributed by atoms with Gasteiger partial charge in [0, 0.05) is 11.1 Å². The van der Waals surface area contributed by atoms with E-state index in [1.165, 1.54) is 12.8 Å². The van der Waals surface area contributed by atoms with Crippen molar-refractivity contribution in [3.63, 3.8) is 0 Å². The zero-order valence-corrected chi connectivity index (χ0v) is 9.38. The average molecular weight is 192 g/mol. The highest BCUT2D eigenvalue weighted by Crippen LogP contribution is 2.30. The minimum absolute atomic E-state index is 0.211. The van der Waals surface area contributed by atoms with Gasteiger partial charge in [-0.15, -0.1) is 0 Å². The molecule has 2 N–H and O–H groups in total. The molecule has 0 spiro atoms. The highest BCUT2D eigenvalue weighted by atomic mass is 14.7. The Kier molecular flexibility index (Phi) is 3.50. The van der Waals surface area contributed by atoms with E-state index in [0.717, 1.165) is 17.8 Å². The molecule has 1 aromatic rings. The Morgan fingerprint density at radius 3 is 2.50 bits per heavy atom. The molecule has 0 saturated carbocycles. The summed E-state index contributed by atoms with van der Waals surface area (Å²) < 4.78 is 0. The van der Waals surface area contributed by atoms with E-state index in [0.29, 0.717) is 0 Å². The first kappa shape index (κ1) is 11.0. The third-order valence-electron chi connectivity index (χ3n) is 2.99. The molecule has 1 aromatic heterocycles. The number of aromatic nitrogens is 1. The second-order valence-electron chi connectivity index (χ2n) is 4.14. The Morgan fingerprint density at radius 2 is 2.07 bits per heavy atom. The molecule has 1 rings (SSSR count). The van der Waals surface area contributed by atoms with Crippen molar-refractivity contribution < 1.29 is 0 Å². The van der Waals surface area contributed by atoms with Crippen LogP contribution in [0.2, 0.25) is 0 Å². The van der Waals surface area contributed by atoms with Crippen LogP contribution in [0.1, 0.15) is 45.7 Å². The van der Waals surface area contributed by atoms with Crippen LogP contribution in [0.3, 0.4) is 0 Å². The van der Waals surface area contributed by atoms with Crippen LogP contribution in [0.5, 0.6) is 0 Å². The first-order valence-electron chi connectivity index (χ1n) is 5.34. The molecule has 0 saturated heterocycles. The summed E-state index contributed by atoms with van der Waals surface area (Å²) in [7, 11) is 0. The largest absolute Gasteiger partial charge is 0.397 e. The van der Waals surface area contributed by atoms with E-state index in [-0.39, 0.29) is 5.41 Å². The molecule has 2 nitrogen and oxygen atoms in total. The monoisotopic (exact) mass is 192 g/mol. The van der Waals surface area contributed by atoms with Gasteiger partial charge in [0.15, 0.2) is 0 Å². The van der Waals surface area contributed by atoms with Crippen LogP contribution in [0.4, 0.5) is 5.69 Å². The van der Waals surface area contributed by atoms with E-state index in [1.807, 2.05) is 6.07 Å². The first-order valence-corrected chi connectivity index (χ1v) is 5.34. The zero-order chi connectivity index (χ0) is 10.6. The Hall–Kier alpha value is -1.05. The molecule has 2 heteroatoms. The summed E-state index contributed by atoms with van der Waals surface area (Å²) in [6.45, 7) is 6.70. The fourth-order valence-electron chi connectivity index (χ4n) is 1.80. The number of pyridine rings is 1. The molecule has 0 aromatic carbocycles. The molecule has 1 atom stereocenters. The van der Waals surface area contributed by atoms with Crippen LogP contribution >= 0.6 is 0 Å². The van der Waals surface area contributed by atoms with Gasteiger partial charge in [-0.25, -0.2) is 0 Å². The highest BCUT2D eigenvalue weighted by Gasteiger charge is 2.24. The van der Waals surface area contributed by atoms with Crippen LogP contribution in [0.15, 0.2) is 18.3 Å². The summed E-state index contributed by atoms with van der Waals surface area (Å²) in [4.78, 5) is 4.41. The molecule has 0 radical (unpaired) electrons. The van der Waals surface area contributed by atoms with Gasteiger partial charge in [0.05, 0.1) is 11.9 Å². The van der Waals surface area contributed by atoms with Crippen molar-refractivity contribution in [3.8, 4) is 0 Å². The van der Waals surface area contributed by atoms with Crippen LogP contribution in [-0.4, -0.2) is 4.98 Å². The second kappa shape index (κ2) is 4.45. The van der Waals surface area contributed by atoms with Crippen molar-refractivity contribution in [3.05, 3.63) is 24.0 Å². The predicted octanol–water partition coefficient (Wildman–Crippen LogP) is 3.13. The van der Waals surface area contributed by atoms with Gasteiger partial charge in [0.1, 0.15) is 0 Å². The van der Waals surface area contributed by atoms with Gasteiger partial charge >= 0.3 is 0 Å².